The number of allylic oxidation sites excluding steroid dienone is 2. The average molecular weight is 425 g/mol. The van der Waals surface area contributed by atoms with E-state index in [9.17, 15) is 9.59 Å². The third-order valence-corrected chi connectivity index (χ3v) is 4.86. The van der Waals surface area contributed by atoms with Gasteiger partial charge in [-0.2, -0.15) is 0 Å². The molecule has 0 spiro atoms. The monoisotopic (exact) mass is 424 g/mol. The maximum Gasteiger partial charge on any atom is 0.272 e. The average Bonchev–Trinajstić information content (AvgIpc) is 2.65. The molecule has 7 nitrogen and oxygen atoms in total. The Kier molecular flexibility index (Phi) is 13.1. The number of unbranched alkanes of at least 4 members (excludes halogenated alkanes) is 1. The van der Waals surface area contributed by atoms with Crippen LogP contribution in [0, 0.1) is 10.8 Å². The molecule has 0 rings (SSSR count). The van der Waals surface area contributed by atoms with Gasteiger partial charge in [-0.1, -0.05) is 46.8 Å². The molecule has 7 heteroatoms. The first kappa shape index (κ1) is 28.0. The van der Waals surface area contributed by atoms with E-state index >= 15 is 0 Å². The Bertz CT molecular complexity index is 583. The van der Waals surface area contributed by atoms with Gasteiger partial charge in [-0.15, -0.1) is 0 Å². The van der Waals surface area contributed by atoms with E-state index < -0.39 is 5.91 Å². The Labute approximate surface area is 182 Å². The number of carbonyl (C=O) groups excluding carboxylic acids is 2. The molecule has 0 unspecified atom stereocenters. The van der Waals surface area contributed by atoms with E-state index in [0.29, 0.717) is 45.3 Å². The van der Waals surface area contributed by atoms with Crippen molar-refractivity contribution in [3.05, 3.63) is 24.1 Å². The number of aliphatic hydroxyl groups is 1. The van der Waals surface area contributed by atoms with Crippen molar-refractivity contribution in [3.8, 4) is 0 Å². The van der Waals surface area contributed by atoms with E-state index in [2.05, 4.69) is 52.1 Å². The molecule has 0 radical (unpaired) electrons. The van der Waals surface area contributed by atoms with Crippen molar-refractivity contribution >= 4 is 11.8 Å². The van der Waals surface area contributed by atoms with Crippen LogP contribution in [0.2, 0.25) is 0 Å². The number of hydrogen-bond donors (Lipinski definition) is 4. The van der Waals surface area contributed by atoms with Gasteiger partial charge in [-0.25, -0.2) is 0 Å². The quantitative estimate of drug-likeness (QED) is 0.139. The van der Waals surface area contributed by atoms with Gasteiger partial charge >= 0.3 is 0 Å². The lowest BCUT2D eigenvalue weighted by molar-refractivity contribution is -0.127. The Balaban J connectivity index is 4.39. The number of aliphatic hydroxyl groups excluding tert-OH is 1. The molecule has 0 atom stereocenters. The molecule has 0 aliphatic carbocycles. The zero-order chi connectivity index (χ0) is 23.2. The fourth-order valence-corrected chi connectivity index (χ4v) is 3.78. The minimum absolute atomic E-state index is 0.0544. The highest BCUT2D eigenvalue weighted by molar-refractivity contribution is 5.92. The van der Waals surface area contributed by atoms with Crippen molar-refractivity contribution in [2.24, 2.45) is 22.3 Å². The van der Waals surface area contributed by atoms with Crippen LogP contribution in [-0.4, -0.2) is 48.0 Å². The minimum atomic E-state index is -0.392. The summed E-state index contributed by atoms with van der Waals surface area (Å²) < 4.78 is 0. The summed E-state index contributed by atoms with van der Waals surface area (Å²) in [7, 11) is 0. The lowest BCUT2D eigenvalue weighted by atomic mass is 9.73. The largest absolute Gasteiger partial charge is 0.513 e. The van der Waals surface area contributed by atoms with Gasteiger partial charge in [-0.3, -0.25) is 9.59 Å². The third kappa shape index (κ3) is 12.5. The molecule has 0 saturated heterocycles. The van der Waals surface area contributed by atoms with E-state index in [1.54, 1.807) is 4.90 Å². The molecule has 0 aromatic heterocycles. The van der Waals surface area contributed by atoms with Gasteiger partial charge in [-0.05, 0) is 49.5 Å². The van der Waals surface area contributed by atoms with Crippen LogP contribution in [0.5, 0.6) is 0 Å². The summed E-state index contributed by atoms with van der Waals surface area (Å²) in [5.74, 6) is -0.338. The van der Waals surface area contributed by atoms with Crippen molar-refractivity contribution in [1.82, 2.24) is 10.2 Å². The number of hydrogen-bond acceptors (Lipinski definition) is 5. The molecule has 30 heavy (non-hydrogen) atoms. The second-order valence-corrected chi connectivity index (χ2v) is 9.39. The van der Waals surface area contributed by atoms with E-state index in [0.717, 1.165) is 25.7 Å². The molecule has 174 valence electrons. The van der Waals surface area contributed by atoms with Crippen molar-refractivity contribution in [2.75, 3.05) is 26.2 Å². The molecular formula is C23H44N4O3. The topological polar surface area (TPSA) is 122 Å². The first-order chi connectivity index (χ1) is 14.0. The molecule has 2 amide bonds. The molecule has 0 aliphatic rings. The number of nitrogens with one attached hydrogen (secondary N) is 1. The maximum absolute atomic E-state index is 12.4. The van der Waals surface area contributed by atoms with E-state index in [-0.39, 0.29) is 22.4 Å². The van der Waals surface area contributed by atoms with Crippen LogP contribution in [0.3, 0.4) is 0 Å². The van der Waals surface area contributed by atoms with Gasteiger partial charge in [0.05, 0.1) is 0 Å². The molecule has 0 bridgehead atoms. The zero-order valence-electron chi connectivity index (χ0n) is 19.7. The summed E-state index contributed by atoms with van der Waals surface area (Å²) in [5, 5.41) is 11.9. The molecular weight excluding hydrogens is 380 g/mol. The highest BCUT2D eigenvalue weighted by Gasteiger charge is 2.29. The van der Waals surface area contributed by atoms with Crippen LogP contribution in [-0.2, 0) is 9.59 Å². The minimum Gasteiger partial charge on any atom is -0.513 e. The fourth-order valence-electron chi connectivity index (χ4n) is 3.78. The Morgan fingerprint density at radius 1 is 1.10 bits per heavy atom. The van der Waals surface area contributed by atoms with Crippen LogP contribution < -0.4 is 16.8 Å². The summed E-state index contributed by atoms with van der Waals surface area (Å²) in [4.78, 5) is 26.1. The predicted molar refractivity (Wildman–Crippen MR) is 124 cm³/mol. The van der Waals surface area contributed by atoms with Gasteiger partial charge < -0.3 is 26.8 Å². The normalized spacial score (nSPS) is 12.9. The van der Waals surface area contributed by atoms with E-state index in [1.807, 2.05) is 0 Å². The molecule has 0 saturated carbocycles. The first-order valence-electron chi connectivity index (χ1n) is 11.0. The third-order valence-electron chi connectivity index (χ3n) is 4.86. The van der Waals surface area contributed by atoms with Gasteiger partial charge in [0.25, 0.3) is 5.91 Å². The number of nitrogens with two attached hydrogens (primary N) is 2. The van der Waals surface area contributed by atoms with Crippen LogP contribution >= 0.6 is 0 Å². The Morgan fingerprint density at radius 2 is 1.73 bits per heavy atom. The van der Waals surface area contributed by atoms with E-state index in [1.165, 1.54) is 0 Å². The van der Waals surface area contributed by atoms with Crippen molar-refractivity contribution in [2.45, 2.75) is 73.1 Å². The lowest BCUT2D eigenvalue weighted by Gasteiger charge is -2.32. The second kappa shape index (κ2) is 14.1. The lowest BCUT2D eigenvalue weighted by Crippen LogP contribution is -2.37. The summed E-state index contributed by atoms with van der Waals surface area (Å²) in [6.45, 7) is 12.8. The summed E-state index contributed by atoms with van der Waals surface area (Å²) in [5.41, 5.74) is 10.8. The molecule has 0 aliphatic heterocycles. The maximum atomic E-state index is 12.4. The standard InChI is InChI=1S/C23H44N4O3/c1-6-7-11-22(2,3)18-23(4,5)16-20(29)26-13-8-9-14-27(15-10-12-24)21(30)19(25)17-28/h7,11,17,28H,6,8-10,12-16,18,24-25H2,1-5H3,(H,26,29)/b11-7-,19-17-. The Morgan fingerprint density at radius 3 is 2.30 bits per heavy atom. The van der Waals surface area contributed by atoms with Gasteiger partial charge in [0.2, 0.25) is 5.91 Å². The zero-order valence-corrected chi connectivity index (χ0v) is 19.7. The van der Waals surface area contributed by atoms with Gasteiger partial charge in [0, 0.05) is 26.1 Å². The Hall–Kier alpha value is -2.02. The predicted octanol–water partition coefficient (Wildman–Crippen LogP) is 3.22. The number of amides is 2. The molecule has 6 N–H and O–H groups in total. The fraction of sp³-hybridized carbons (Fsp3) is 0.739. The number of rotatable bonds is 15. The van der Waals surface area contributed by atoms with Crippen LogP contribution in [0.15, 0.2) is 24.1 Å². The summed E-state index contributed by atoms with van der Waals surface area (Å²) in [6, 6.07) is 0. The van der Waals surface area contributed by atoms with Gasteiger partial charge in [0.1, 0.15) is 12.0 Å². The van der Waals surface area contributed by atoms with Crippen LogP contribution in [0.25, 0.3) is 0 Å². The first-order valence-corrected chi connectivity index (χ1v) is 11.0. The SMILES string of the molecule is CC/C=C\C(C)(C)CC(C)(C)CC(=O)NCCCCN(CCCN)C(=O)/C(N)=C/O. The molecule has 0 aromatic carbocycles. The van der Waals surface area contributed by atoms with Crippen LogP contribution in [0.1, 0.15) is 73.1 Å². The molecule has 0 heterocycles. The molecule has 0 aromatic rings. The number of carbonyl (C=O) groups is 2. The van der Waals surface area contributed by atoms with Crippen molar-refractivity contribution in [1.29, 1.82) is 0 Å². The highest BCUT2D eigenvalue weighted by atomic mass is 16.2. The number of nitrogens with zero attached hydrogens (tertiary/aromatic N) is 1. The smallest absolute Gasteiger partial charge is 0.272 e. The highest BCUT2D eigenvalue weighted by Crippen LogP contribution is 2.37. The summed E-state index contributed by atoms with van der Waals surface area (Å²) in [6.07, 6.45) is 9.63. The van der Waals surface area contributed by atoms with Crippen LogP contribution in [0.4, 0.5) is 0 Å². The molecule has 0 fully saturated rings. The van der Waals surface area contributed by atoms with Crippen molar-refractivity contribution in [3.63, 3.8) is 0 Å². The van der Waals surface area contributed by atoms with Gasteiger partial charge in [0.15, 0.2) is 0 Å². The van der Waals surface area contributed by atoms with E-state index in [4.69, 9.17) is 16.6 Å². The van der Waals surface area contributed by atoms with Crippen molar-refractivity contribution < 1.29 is 14.7 Å². The summed E-state index contributed by atoms with van der Waals surface area (Å²) >= 11 is 0. The second-order valence-electron chi connectivity index (χ2n) is 9.39.